The number of morpholine rings is 1. The van der Waals surface area contributed by atoms with Crippen molar-refractivity contribution in [3.05, 3.63) is 69.1 Å². The second kappa shape index (κ2) is 8.37. The first-order valence-corrected chi connectivity index (χ1v) is 11.2. The number of carbonyl (C=O) groups is 1. The Morgan fingerprint density at radius 2 is 2.00 bits per heavy atom. The van der Waals surface area contributed by atoms with Gasteiger partial charge in [0.2, 0.25) is 5.91 Å². The standard InChI is InChI=1S/C22H20ClN5O2S/c1-14-25-26-19-13-24-21(16-4-2-3-5-18(16)23)17-12-15(31-22(17)28(14)19)6-7-20(29)27-8-10-30-11-9-27/h2-7,12H,8-11,13H2,1H3/b7-6+. The van der Waals surface area contributed by atoms with E-state index >= 15 is 0 Å². The predicted molar refractivity (Wildman–Crippen MR) is 121 cm³/mol. The highest BCUT2D eigenvalue weighted by Gasteiger charge is 2.25. The topological polar surface area (TPSA) is 72.6 Å². The molecular weight excluding hydrogens is 434 g/mol. The summed E-state index contributed by atoms with van der Waals surface area (Å²) in [5, 5.41) is 10.2. The maximum atomic E-state index is 12.5. The molecule has 0 radical (unpaired) electrons. The average molecular weight is 454 g/mol. The molecule has 0 bridgehead atoms. The van der Waals surface area contributed by atoms with Crippen LogP contribution in [0.15, 0.2) is 41.4 Å². The van der Waals surface area contributed by atoms with Crippen molar-refractivity contribution in [3.8, 4) is 5.00 Å². The highest BCUT2D eigenvalue weighted by Crippen LogP contribution is 2.35. The van der Waals surface area contributed by atoms with Gasteiger partial charge in [-0.05, 0) is 25.1 Å². The molecule has 0 spiro atoms. The molecule has 1 amide bonds. The predicted octanol–water partition coefficient (Wildman–Crippen LogP) is 3.51. The molecule has 3 aromatic rings. The highest BCUT2D eigenvalue weighted by atomic mass is 35.5. The monoisotopic (exact) mass is 453 g/mol. The van der Waals surface area contributed by atoms with E-state index < -0.39 is 0 Å². The van der Waals surface area contributed by atoms with Crippen LogP contribution in [0.4, 0.5) is 0 Å². The number of rotatable bonds is 3. The van der Waals surface area contributed by atoms with Crippen molar-refractivity contribution in [1.82, 2.24) is 19.7 Å². The fraction of sp³-hybridized carbons (Fsp3) is 0.273. The van der Waals surface area contributed by atoms with Gasteiger partial charge >= 0.3 is 0 Å². The lowest BCUT2D eigenvalue weighted by atomic mass is 10.0. The number of hydrogen-bond acceptors (Lipinski definition) is 6. The molecule has 0 unspecified atom stereocenters. The molecule has 4 heterocycles. The van der Waals surface area contributed by atoms with Gasteiger partial charge in [0, 0.05) is 40.2 Å². The molecule has 1 saturated heterocycles. The summed E-state index contributed by atoms with van der Waals surface area (Å²) >= 11 is 8.08. The van der Waals surface area contributed by atoms with Crippen molar-refractivity contribution in [2.24, 2.45) is 4.99 Å². The Kier molecular flexibility index (Phi) is 5.43. The van der Waals surface area contributed by atoms with Crippen molar-refractivity contribution in [3.63, 3.8) is 0 Å². The molecule has 31 heavy (non-hydrogen) atoms. The van der Waals surface area contributed by atoms with Crippen LogP contribution < -0.4 is 0 Å². The number of carbonyl (C=O) groups excluding carboxylic acids is 1. The summed E-state index contributed by atoms with van der Waals surface area (Å²) in [5.41, 5.74) is 2.65. The van der Waals surface area contributed by atoms with Gasteiger partial charge in [-0.25, -0.2) is 0 Å². The quantitative estimate of drug-likeness (QED) is 0.569. The SMILES string of the molecule is Cc1nnc2n1-c1sc(/C=C/C(=O)N3CCOCC3)cc1C(c1ccccc1Cl)=NC2. The van der Waals surface area contributed by atoms with E-state index in [0.717, 1.165) is 38.4 Å². The summed E-state index contributed by atoms with van der Waals surface area (Å²) in [7, 11) is 0. The first-order valence-electron chi connectivity index (χ1n) is 10.0. The molecule has 1 fully saturated rings. The van der Waals surface area contributed by atoms with Gasteiger partial charge in [-0.2, -0.15) is 0 Å². The first kappa shape index (κ1) is 20.1. The lowest BCUT2D eigenvalue weighted by molar-refractivity contribution is -0.129. The Morgan fingerprint density at radius 1 is 1.19 bits per heavy atom. The fourth-order valence-corrected chi connectivity index (χ4v) is 5.11. The maximum Gasteiger partial charge on any atom is 0.246 e. The molecule has 9 heteroatoms. The third-order valence-corrected chi connectivity index (χ3v) is 6.72. The molecule has 2 aliphatic rings. The minimum Gasteiger partial charge on any atom is -0.378 e. The van der Waals surface area contributed by atoms with Gasteiger partial charge in [0.25, 0.3) is 0 Å². The molecular formula is C22H20ClN5O2S. The van der Waals surface area contributed by atoms with Crippen LogP contribution in [0.2, 0.25) is 5.02 Å². The third-order valence-electron chi connectivity index (χ3n) is 5.30. The summed E-state index contributed by atoms with van der Waals surface area (Å²) in [6, 6.07) is 9.75. The Hall–Kier alpha value is -2.81. The fourth-order valence-electron chi connectivity index (χ4n) is 3.75. The van der Waals surface area contributed by atoms with Crippen LogP contribution >= 0.6 is 22.9 Å². The van der Waals surface area contributed by atoms with Crippen LogP contribution in [0, 0.1) is 6.92 Å². The number of thiophene rings is 1. The van der Waals surface area contributed by atoms with E-state index in [0.29, 0.717) is 37.9 Å². The van der Waals surface area contributed by atoms with E-state index in [1.54, 1.807) is 22.3 Å². The number of fused-ring (bicyclic) bond motifs is 3. The van der Waals surface area contributed by atoms with Crippen molar-refractivity contribution in [1.29, 1.82) is 0 Å². The largest absolute Gasteiger partial charge is 0.378 e. The zero-order valence-corrected chi connectivity index (χ0v) is 18.5. The number of nitrogens with zero attached hydrogens (tertiary/aromatic N) is 5. The van der Waals surface area contributed by atoms with Crippen LogP contribution in [0.25, 0.3) is 11.1 Å². The molecule has 1 aromatic carbocycles. The van der Waals surface area contributed by atoms with Gasteiger partial charge in [-0.1, -0.05) is 29.8 Å². The number of halogens is 1. The molecule has 5 rings (SSSR count). The number of aromatic nitrogens is 3. The number of hydrogen-bond donors (Lipinski definition) is 0. The van der Waals surface area contributed by atoms with Crippen LogP contribution in [0.5, 0.6) is 0 Å². The van der Waals surface area contributed by atoms with Gasteiger partial charge in [0.1, 0.15) is 17.4 Å². The second-order valence-corrected chi connectivity index (χ2v) is 8.75. The van der Waals surface area contributed by atoms with Gasteiger partial charge in [0.05, 0.1) is 18.9 Å². The molecule has 0 aliphatic carbocycles. The van der Waals surface area contributed by atoms with E-state index in [1.807, 2.05) is 41.8 Å². The van der Waals surface area contributed by atoms with Gasteiger partial charge in [-0.3, -0.25) is 14.4 Å². The zero-order valence-electron chi connectivity index (χ0n) is 16.9. The van der Waals surface area contributed by atoms with Crippen LogP contribution in [-0.4, -0.2) is 57.6 Å². The van der Waals surface area contributed by atoms with Gasteiger partial charge in [-0.15, -0.1) is 21.5 Å². The van der Waals surface area contributed by atoms with E-state index in [1.165, 1.54) is 0 Å². The van der Waals surface area contributed by atoms with Gasteiger partial charge < -0.3 is 9.64 Å². The van der Waals surface area contributed by atoms with E-state index in [-0.39, 0.29) is 5.91 Å². The summed E-state index contributed by atoms with van der Waals surface area (Å²) in [6.45, 7) is 4.76. The summed E-state index contributed by atoms with van der Waals surface area (Å²) in [5.74, 6) is 1.57. The summed E-state index contributed by atoms with van der Waals surface area (Å²) in [4.78, 5) is 20.1. The Morgan fingerprint density at radius 3 is 2.81 bits per heavy atom. The smallest absolute Gasteiger partial charge is 0.246 e. The van der Waals surface area contributed by atoms with E-state index in [9.17, 15) is 4.79 Å². The van der Waals surface area contributed by atoms with Crippen LogP contribution in [0.1, 0.15) is 27.7 Å². The lowest BCUT2D eigenvalue weighted by Gasteiger charge is -2.25. The number of benzene rings is 1. The number of aryl methyl sites for hydroxylation is 1. The van der Waals surface area contributed by atoms with Crippen LogP contribution in [0.3, 0.4) is 0 Å². The second-order valence-electron chi connectivity index (χ2n) is 7.28. The third kappa shape index (κ3) is 3.82. The van der Waals surface area contributed by atoms with E-state index in [2.05, 4.69) is 16.3 Å². The van der Waals surface area contributed by atoms with Crippen molar-refractivity contribution in [2.75, 3.05) is 26.3 Å². The Bertz CT molecular complexity index is 1210. The normalized spacial score (nSPS) is 16.1. The number of amides is 1. The minimum atomic E-state index is -0.00643. The van der Waals surface area contributed by atoms with Gasteiger partial charge in [0.15, 0.2) is 5.82 Å². The average Bonchev–Trinajstić information content (AvgIpc) is 3.33. The zero-order chi connectivity index (χ0) is 21.4. The molecule has 2 aromatic heterocycles. The molecule has 0 saturated carbocycles. The Labute approximate surface area is 188 Å². The van der Waals surface area contributed by atoms with Crippen molar-refractivity contribution >= 4 is 40.6 Å². The van der Waals surface area contributed by atoms with Crippen molar-refractivity contribution < 1.29 is 9.53 Å². The lowest BCUT2D eigenvalue weighted by Crippen LogP contribution is -2.39. The summed E-state index contributed by atoms with van der Waals surface area (Å²) in [6.07, 6.45) is 3.49. The molecule has 2 aliphatic heterocycles. The first-order chi connectivity index (χ1) is 15.1. The molecule has 0 atom stereocenters. The Balaban J connectivity index is 1.55. The van der Waals surface area contributed by atoms with Crippen molar-refractivity contribution in [2.45, 2.75) is 13.5 Å². The highest BCUT2D eigenvalue weighted by molar-refractivity contribution is 7.15. The minimum absolute atomic E-state index is 0.00643. The number of ether oxygens (including phenoxy) is 1. The van der Waals surface area contributed by atoms with Crippen LogP contribution in [-0.2, 0) is 16.1 Å². The molecule has 7 nitrogen and oxygen atoms in total. The molecule has 158 valence electrons. The number of aliphatic imine (C=N–C) groups is 1. The maximum absolute atomic E-state index is 12.5. The molecule has 0 N–H and O–H groups in total. The van der Waals surface area contributed by atoms with E-state index in [4.69, 9.17) is 21.3 Å². The summed E-state index contributed by atoms with van der Waals surface area (Å²) < 4.78 is 7.36.